The SMILES string of the molecule is CN(C)Cc1c(O)ccc2c(C(=O)O)c(NCc3ccccc3)sc12. The molecule has 0 amide bonds. The fourth-order valence-electron chi connectivity index (χ4n) is 2.79. The van der Waals surface area contributed by atoms with E-state index in [1.807, 2.05) is 49.3 Å². The number of fused-ring (bicyclic) bond motifs is 1. The molecule has 130 valence electrons. The lowest BCUT2D eigenvalue weighted by Gasteiger charge is -2.12. The van der Waals surface area contributed by atoms with Crippen LogP contribution in [0.3, 0.4) is 0 Å². The minimum atomic E-state index is -0.969. The summed E-state index contributed by atoms with van der Waals surface area (Å²) in [6.45, 7) is 1.09. The lowest BCUT2D eigenvalue weighted by Crippen LogP contribution is -2.10. The molecule has 25 heavy (non-hydrogen) atoms. The molecule has 0 unspecified atom stereocenters. The first-order valence-corrected chi connectivity index (χ1v) is 8.72. The van der Waals surface area contributed by atoms with Crippen LogP contribution in [0, 0.1) is 0 Å². The molecule has 3 rings (SSSR count). The number of phenols is 1. The standard InChI is InChI=1S/C19H20N2O3S/c1-21(2)11-14-15(22)9-8-13-16(19(23)24)18(25-17(13)14)20-10-12-6-4-3-5-7-12/h3-9,20,22H,10-11H2,1-2H3,(H,23,24). The van der Waals surface area contributed by atoms with Crippen LogP contribution in [0.25, 0.3) is 10.1 Å². The summed E-state index contributed by atoms with van der Waals surface area (Å²) in [5.74, 6) is -0.780. The molecular weight excluding hydrogens is 336 g/mol. The molecule has 6 heteroatoms. The van der Waals surface area contributed by atoms with Crippen molar-refractivity contribution in [1.29, 1.82) is 0 Å². The Morgan fingerprint density at radius 1 is 1.16 bits per heavy atom. The number of thiophene rings is 1. The van der Waals surface area contributed by atoms with Gasteiger partial charge in [-0.25, -0.2) is 4.79 Å². The minimum Gasteiger partial charge on any atom is -0.508 e. The van der Waals surface area contributed by atoms with Gasteiger partial charge < -0.3 is 20.4 Å². The van der Waals surface area contributed by atoms with Gasteiger partial charge in [-0.05, 0) is 31.8 Å². The van der Waals surface area contributed by atoms with Gasteiger partial charge in [0, 0.05) is 28.7 Å². The summed E-state index contributed by atoms with van der Waals surface area (Å²) in [6.07, 6.45) is 0. The molecule has 0 saturated heterocycles. The first-order chi connectivity index (χ1) is 12.0. The summed E-state index contributed by atoms with van der Waals surface area (Å²) < 4.78 is 0.807. The van der Waals surface area contributed by atoms with Crippen LogP contribution >= 0.6 is 11.3 Å². The summed E-state index contributed by atoms with van der Waals surface area (Å²) in [6, 6.07) is 13.1. The van der Waals surface area contributed by atoms with Gasteiger partial charge in [0.1, 0.15) is 16.3 Å². The van der Waals surface area contributed by atoms with Crippen molar-refractivity contribution in [2.45, 2.75) is 13.1 Å². The van der Waals surface area contributed by atoms with E-state index in [1.165, 1.54) is 11.3 Å². The number of phenolic OH excluding ortho intramolecular Hbond substituents is 1. The number of aromatic hydroxyl groups is 1. The van der Waals surface area contributed by atoms with Gasteiger partial charge >= 0.3 is 5.97 Å². The summed E-state index contributed by atoms with van der Waals surface area (Å²) in [4.78, 5) is 13.8. The van der Waals surface area contributed by atoms with Crippen LogP contribution in [0.4, 0.5) is 5.00 Å². The normalized spacial score (nSPS) is 11.2. The van der Waals surface area contributed by atoms with Crippen molar-refractivity contribution < 1.29 is 15.0 Å². The number of benzene rings is 2. The van der Waals surface area contributed by atoms with Gasteiger partial charge in [0.2, 0.25) is 0 Å². The van der Waals surface area contributed by atoms with E-state index in [2.05, 4.69) is 5.32 Å². The van der Waals surface area contributed by atoms with Crippen LogP contribution < -0.4 is 5.32 Å². The van der Waals surface area contributed by atoms with Crippen LogP contribution in [0.1, 0.15) is 21.5 Å². The maximum absolute atomic E-state index is 11.8. The zero-order valence-corrected chi connectivity index (χ0v) is 14.9. The van der Waals surface area contributed by atoms with E-state index < -0.39 is 5.97 Å². The summed E-state index contributed by atoms with van der Waals surface area (Å²) >= 11 is 1.38. The number of nitrogens with one attached hydrogen (secondary N) is 1. The van der Waals surface area contributed by atoms with Crippen molar-refractivity contribution in [3.8, 4) is 5.75 Å². The van der Waals surface area contributed by atoms with E-state index >= 15 is 0 Å². The average molecular weight is 356 g/mol. The second kappa shape index (κ2) is 7.13. The predicted octanol–water partition coefficient (Wildman–Crippen LogP) is 3.98. The van der Waals surface area contributed by atoms with Crippen LogP contribution in [-0.4, -0.2) is 35.2 Å². The molecule has 1 heterocycles. The van der Waals surface area contributed by atoms with Gasteiger partial charge in [0.25, 0.3) is 0 Å². The van der Waals surface area contributed by atoms with Crippen molar-refractivity contribution in [2.75, 3.05) is 19.4 Å². The van der Waals surface area contributed by atoms with Crippen molar-refractivity contribution in [3.63, 3.8) is 0 Å². The molecule has 0 aliphatic rings. The summed E-state index contributed by atoms with van der Waals surface area (Å²) in [5.41, 5.74) is 2.09. The van der Waals surface area contributed by atoms with E-state index in [-0.39, 0.29) is 11.3 Å². The van der Waals surface area contributed by atoms with Crippen LogP contribution in [0.2, 0.25) is 0 Å². The van der Waals surface area contributed by atoms with Crippen molar-refractivity contribution >= 4 is 32.4 Å². The zero-order chi connectivity index (χ0) is 18.0. The van der Waals surface area contributed by atoms with E-state index in [4.69, 9.17) is 0 Å². The number of aromatic carboxylic acids is 1. The van der Waals surface area contributed by atoms with E-state index in [0.29, 0.717) is 23.5 Å². The van der Waals surface area contributed by atoms with Crippen LogP contribution in [-0.2, 0) is 13.1 Å². The summed E-state index contributed by atoms with van der Waals surface area (Å²) in [7, 11) is 3.83. The maximum Gasteiger partial charge on any atom is 0.339 e. The fourth-order valence-corrected chi connectivity index (χ4v) is 4.01. The molecule has 0 spiro atoms. The molecular formula is C19H20N2O3S. The highest BCUT2D eigenvalue weighted by Crippen LogP contribution is 2.41. The second-order valence-electron chi connectivity index (χ2n) is 6.13. The molecule has 0 bridgehead atoms. The third-order valence-corrected chi connectivity index (χ3v) is 5.14. The van der Waals surface area contributed by atoms with Crippen molar-refractivity contribution in [3.05, 3.63) is 59.2 Å². The third-order valence-electron chi connectivity index (χ3n) is 3.92. The number of carboxylic acids is 1. The topological polar surface area (TPSA) is 72.8 Å². The fraction of sp³-hybridized carbons (Fsp3) is 0.211. The van der Waals surface area contributed by atoms with Gasteiger partial charge in [-0.2, -0.15) is 0 Å². The van der Waals surface area contributed by atoms with Gasteiger partial charge in [-0.15, -0.1) is 11.3 Å². The van der Waals surface area contributed by atoms with Gasteiger partial charge in [0.05, 0.1) is 0 Å². The van der Waals surface area contributed by atoms with Crippen molar-refractivity contribution in [2.24, 2.45) is 0 Å². The first kappa shape index (κ1) is 17.3. The van der Waals surface area contributed by atoms with Crippen LogP contribution in [0.5, 0.6) is 5.75 Å². The Hall–Kier alpha value is -2.57. The number of carbonyl (C=O) groups is 1. The highest BCUT2D eigenvalue weighted by atomic mass is 32.1. The van der Waals surface area contributed by atoms with Crippen LogP contribution in [0.15, 0.2) is 42.5 Å². The first-order valence-electron chi connectivity index (χ1n) is 7.90. The Bertz CT molecular complexity index is 904. The predicted molar refractivity (Wildman–Crippen MR) is 102 cm³/mol. The van der Waals surface area contributed by atoms with E-state index in [1.54, 1.807) is 12.1 Å². The molecule has 0 atom stereocenters. The lowest BCUT2D eigenvalue weighted by atomic mass is 10.1. The number of anilines is 1. The smallest absolute Gasteiger partial charge is 0.339 e. The molecule has 0 saturated carbocycles. The molecule has 0 aliphatic carbocycles. The van der Waals surface area contributed by atoms with Gasteiger partial charge in [-0.1, -0.05) is 30.3 Å². The quantitative estimate of drug-likeness (QED) is 0.623. The molecule has 3 N–H and O–H groups in total. The highest BCUT2D eigenvalue weighted by Gasteiger charge is 2.21. The van der Waals surface area contributed by atoms with E-state index in [0.717, 1.165) is 15.8 Å². The lowest BCUT2D eigenvalue weighted by molar-refractivity contribution is 0.0700. The Labute approximate surface area is 150 Å². The minimum absolute atomic E-state index is 0.189. The Kier molecular flexibility index (Phi) is 4.92. The Morgan fingerprint density at radius 3 is 2.52 bits per heavy atom. The number of nitrogens with zero attached hydrogens (tertiary/aromatic N) is 1. The summed E-state index contributed by atoms with van der Waals surface area (Å²) in [5, 5.41) is 24.4. The number of carboxylic acid groups (broad SMARTS) is 1. The molecule has 0 aliphatic heterocycles. The third kappa shape index (κ3) is 3.60. The Morgan fingerprint density at radius 2 is 1.88 bits per heavy atom. The zero-order valence-electron chi connectivity index (χ0n) is 14.1. The van der Waals surface area contributed by atoms with E-state index in [9.17, 15) is 15.0 Å². The highest BCUT2D eigenvalue weighted by molar-refractivity contribution is 7.23. The number of hydrogen-bond donors (Lipinski definition) is 3. The molecule has 0 fully saturated rings. The number of hydrogen-bond acceptors (Lipinski definition) is 5. The molecule has 3 aromatic rings. The average Bonchev–Trinajstić information content (AvgIpc) is 2.95. The molecule has 5 nitrogen and oxygen atoms in total. The number of rotatable bonds is 6. The second-order valence-corrected chi connectivity index (χ2v) is 7.15. The monoisotopic (exact) mass is 356 g/mol. The maximum atomic E-state index is 11.8. The Balaban J connectivity index is 2.05. The molecule has 2 aromatic carbocycles. The largest absolute Gasteiger partial charge is 0.508 e. The molecule has 0 radical (unpaired) electrons. The van der Waals surface area contributed by atoms with Crippen molar-refractivity contribution in [1.82, 2.24) is 4.90 Å². The van der Waals surface area contributed by atoms with Gasteiger partial charge in [0.15, 0.2) is 0 Å². The van der Waals surface area contributed by atoms with Gasteiger partial charge in [-0.3, -0.25) is 0 Å². The molecule has 1 aromatic heterocycles.